The van der Waals surface area contributed by atoms with E-state index in [1.54, 1.807) is 18.5 Å². The first-order chi connectivity index (χ1) is 11.8. The number of hydrogen-bond donors (Lipinski definition) is 1. The smallest absolute Gasteiger partial charge is 0.138 e. The summed E-state index contributed by atoms with van der Waals surface area (Å²) < 4.78 is 6.07. The molecular formula is C18H16ClN3OS. The lowest BCUT2D eigenvalue weighted by Crippen LogP contribution is -2.14. The molecule has 3 aromatic rings. The zero-order valence-electron chi connectivity index (χ0n) is 12.9. The summed E-state index contributed by atoms with van der Waals surface area (Å²) in [7, 11) is 0. The predicted octanol–water partition coefficient (Wildman–Crippen LogP) is 4.91. The predicted molar refractivity (Wildman–Crippen MR) is 101 cm³/mol. The largest absolute Gasteiger partial charge is 0.490 e. The van der Waals surface area contributed by atoms with Crippen molar-refractivity contribution in [1.29, 1.82) is 0 Å². The Kier molecular flexibility index (Phi) is 4.45. The van der Waals surface area contributed by atoms with Gasteiger partial charge in [0.2, 0.25) is 0 Å². The number of nitrogens with one attached hydrogen (secondary N) is 1. The summed E-state index contributed by atoms with van der Waals surface area (Å²) in [4.78, 5) is 8.52. The molecule has 1 aliphatic heterocycles. The molecule has 4 rings (SSSR count). The number of halogens is 1. The summed E-state index contributed by atoms with van der Waals surface area (Å²) in [6, 6.07) is 11.8. The summed E-state index contributed by atoms with van der Waals surface area (Å²) in [5, 5.41) is 5.90. The van der Waals surface area contributed by atoms with Gasteiger partial charge in [-0.25, -0.2) is 9.97 Å². The van der Waals surface area contributed by atoms with Gasteiger partial charge in [0, 0.05) is 17.3 Å². The number of nitrogens with zero attached hydrogens (tertiary/aromatic N) is 2. The standard InChI is InChI=1S/C18H16ClN3OS/c19-17-4-1-13(10-21-17)22-18-16-3-2-14(9-12(16)5-7-20-18)23-15-6-8-24-11-15/h1-5,7,9-10,15H,6,8,11H2,(H,20,22). The van der Waals surface area contributed by atoms with E-state index < -0.39 is 0 Å². The van der Waals surface area contributed by atoms with E-state index >= 15 is 0 Å². The van der Waals surface area contributed by atoms with Crippen LogP contribution >= 0.6 is 23.4 Å². The van der Waals surface area contributed by atoms with Gasteiger partial charge in [-0.15, -0.1) is 0 Å². The number of benzene rings is 1. The number of hydrogen-bond acceptors (Lipinski definition) is 5. The molecule has 3 heterocycles. The van der Waals surface area contributed by atoms with Crippen molar-refractivity contribution in [1.82, 2.24) is 9.97 Å². The van der Waals surface area contributed by atoms with Gasteiger partial charge in [-0.2, -0.15) is 11.8 Å². The molecule has 1 aromatic carbocycles. The summed E-state index contributed by atoms with van der Waals surface area (Å²) in [6.07, 6.45) is 4.93. The van der Waals surface area contributed by atoms with E-state index in [1.165, 1.54) is 5.75 Å². The van der Waals surface area contributed by atoms with E-state index in [4.69, 9.17) is 16.3 Å². The first-order valence-electron chi connectivity index (χ1n) is 7.80. The molecular weight excluding hydrogens is 342 g/mol. The van der Waals surface area contributed by atoms with E-state index in [1.807, 2.05) is 36.0 Å². The zero-order chi connectivity index (χ0) is 16.4. The maximum absolute atomic E-state index is 6.07. The minimum absolute atomic E-state index is 0.326. The van der Waals surface area contributed by atoms with Crippen LogP contribution in [-0.4, -0.2) is 27.6 Å². The molecule has 6 heteroatoms. The Morgan fingerprint density at radius 2 is 2.12 bits per heavy atom. The molecule has 0 saturated carbocycles. The van der Waals surface area contributed by atoms with Gasteiger partial charge in [0.1, 0.15) is 22.8 Å². The van der Waals surface area contributed by atoms with Crippen LogP contribution in [0.2, 0.25) is 5.15 Å². The normalized spacial score (nSPS) is 17.1. The van der Waals surface area contributed by atoms with Crippen LogP contribution in [-0.2, 0) is 0 Å². The molecule has 2 aromatic heterocycles. The molecule has 1 atom stereocenters. The molecule has 1 fully saturated rings. The van der Waals surface area contributed by atoms with E-state index in [-0.39, 0.29) is 0 Å². The highest BCUT2D eigenvalue weighted by Crippen LogP contribution is 2.29. The second kappa shape index (κ2) is 6.87. The van der Waals surface area contributed by atoms with Gasteiger partial charge in [0.25, 0.3) is 0 Å². The number of rotatable bonds is 4. The second-order valence-corrected chi connectivity index (χ2v) is 7.18. The lowest BCUT2D eigenvalue weighted by molar-refractivity contribution is 0.230. The fourth-order valence-corrected chi connectivity index (χ4v) is 3.92. The molecule has 1 unspecified atom stereocenters. The molecule has 1 aliphatic rings. The molecule has 1 N–H and O–H groups in total. The Balaban J connectivity index is 1.60. The van der Waals surface area contributed by atoms with E-state index in [0.717, 1.165) is 40.2 Å². The first-order valence-corrected chi connectivity index (χ1v) is 9.33. The highest BCUT2D eigenvalue weighted by atomic mass is 35.5. The first kappa shape index (κ1) is 15.5. The Bertz CT molecular complexity index is 851. The molecule has 0 amide bonds. The molecule has 24 heavy (non-hydrogen) atoms. The SMILES string of the molecule is Clc1ccc(Nc2nccc3cc(OC4CCSC4)ccc23)cn1. The molecule has 1 saturated heterocycles. The van der Waals surface area contributed by atoms with Crippen LogP contribution in [0.5, 0.6) is 5.75 Å². The van der Waals surface area contributed by atoms with Crippen molar-refractivity contribution in [3.63, 3.8) is 0 Å². The summed E-state index contributed by atoms with van der Waals surface area (Å²) in [5.41, 5.74) is 0.850. The highest BCUT2D eigenvalue weighted by molar-refractivity contribution is 7.99. The topological polar surface area (TPSA) is 47.0 Å². The van der Waals surface area contributed by atoms with E-state index in [0.29, 0.717) is 11.3 Å². The third-order valence-electron chi connectivity index (χ3n) is 3.92. The van der Waals surface area contributed by atoms with Gasteiger partial charge in [0.15, 0.2) is 0 Å². The Morgan fingerprint density at radius 1 is 1.17 bits per heavy atom. The van der Waals surface area contributed by atoms with Gasteiger partial charge >= 0.3 is 0 Å². The Morgan fingerprint density at radius 3 is 2.92 bits per heavy atom. The average molecular weight is 358 g/mol. The summed E-state index contributed by atoms with van der Waals surface area (Å²) in [5.74, 6) is 3.97. The number of fused-ring (bicyclic) bond motifs is 1. The third-order valence-corrected chi connectivity index (χ3v) is 5.27. The number of pyridine rings is 2. The molecule has 0 radical (unpaired) electrons. The Hall–Kier alpha value is -1.98. The lowest BCUT2D eigenvalue weighted by Gasteiger charge is -2.14. The van der Waals surface area contributed by atoms with Gasteiger partial charge < -0.3 is 10.1 Å². The van der Waals surface area contributed by atoms with E-state index in [2.05, 4.69) is 21.4 Å². The molecule has 4 nitrogen and oxygen atoms in total. The minimum atomic E-state index is 0.326. The fourth-order valence-electron chi connectivity index (χ4n) is 2.71. The molecule has 0 spiro atoms. The summed E-state index contributed by atoms with van der Waals surface area (Å²) >= 11 is 7.78. The van der Waals surface area contributed by atoms with Crippen LogP contribution in [0, 0.1) is 0 Å². The zero-order valence-corrected chi connectivity index (χ0v) is 14.5. The van der Waals surface area contributed by atoms with Crippen LogP contribution in [0.1, 0.15) is 6.42 Å². The maximum atomic E-state index is 6.07. The van der Waals surface area contributed by atoms with Crippen LogP contribution in [0.3, 0.4) is 0 Å². The number of anilines is 2. The summed E-state index contributed by atoms with van der Waals surface area (Å²) in [6.45, 7) is 0. The monoisotopic (exact) mass is 357 g/mol. The number of aromatic nitrogens is 2. The van der Waals surface area contributed by atoms with Crippen molar-refractivity contribution >= 4 is 45.6 Å². The van der Waals surface area contributed by atoms with Crippen LogP contribution in [0.4, 0.5) is 11.5 Å². The second-order valence-electron chi connectivity index (χ2n) is 5.64. The van der Waals surface area contributed by atoms with Crippen molar-refractivity contribution in [2.24, 2.45) is 0 Å². The van der Waals surface area contributed by atoms with Crippen molar-refractivity contribution < 1.29 is 4.74 Å². The lowest BCUT2D eigenvalue weighted by atomic mass is 10.1. The highest BCUT2D eigenvalue weighted by Gasteiger charge is 2.17. The van der Waals surface area contributed by atoms with Gasteiger partial charge in [0.05, 0.1) is 11.9 Å². The molecule has 0 aliphatic carbocycles. The van der Waals surface area contributed by atoms with Gasteiger partial charge in [-0.05, 0) is 54.0 Å². The Labute approximate surface area is 149 Å². The maximum Gasteiger partial charge on any atom is 0.138 e. The number of thioether (sulfide) groups is 1. The third kappa shape index (κ3) is 3.42. The van der Waals surface area contributed by atoms with Crippen molar-refractivity contribution in [2.75, 3.05) is 16.8 Å². The average Bonchev–Trinajstić information content (AvgIpc) is 3.10. The fraction of sp³-hybridized carbons (Fsp3) is 0.222. The minimum Gasteiger partial charge on any atom is -0.490 e. The van der Waals surface area contributed by atoms with E-state index in [9.17, 15) is 0 Å². The van der Waals surface area contributed by atoms with Gasteiger partial charge in [-0.3, -0.25) is 0 Å². The molecule has 122 valence electrons. The van der Waals surface area contributed by atoms with Crippen LogP contribution in [0.15, 0.2) is 48.8 Å². The van der Waals surface area contributed by atoms with Crippen molar-refractivity contribution in [3.05, 3.63) is 53.9 Å². The van der Waals surface area contributed by atoms with Gasteiger partial charge in [-0.1, -0.05) is 11.6 Å². The van der Waals surface area contributed by atoms with Crippen LogP contribution in [0.25, 0.3) is 10.8 Å². The van der Waals surface area contributed by atoms with Crippen molar-refractivity contribution in [2.45, 2.75) is 12.5 Å². The number of ether oxygens (including phenoxy) is 1. The van der Waals surface area contributed by atoms with Crippen molar-refractivity contribution in [3.8, 4) is 5.75 Å². The quantitative estimate of drug-likeness (QED) is 0.672. The van der Waals surface area contributed by atoms with Crippen LogP contribution < -0.4 is 10.1 Å². The molecule has 0 bridgehead atoms.